The lowest BCUT2D eigenvalue weighted by Crippen LogP contribution is -2.70. The molecule has 15 heteroatoms. The summed E-state index contributed by atoms with van der Waals surface area (Å²) in [5.41, 5.74) is -0.567. The van der Waals surface area contributed by atoms with Gasteiger partial charge in [0.25, 0.3) is 0 Å². The van der Waals surface area contributed by atoms with Gasteiger partial charge in [-0.1, -0.05) is 0 Å². The molecule has 0 bridgehead atoms. The Morgan fingerprint density at radius 1 is 0.588 bits per heavy atom. The highest BCUT2D eigenvalue weighted by Crippen LogP contribution is 2.60. The van der Waals surface area contributed by atoms with Gasteiger partial charge >= 0.3 is 35.8 Å². The molecule has 0 amide bonds. The molecule has 0 aromatic heterocycles. The molecule has 0 radical (unpaired) electrons. The first-order chi connectivity index (χ1) is 14.9. The third kappa shape index (κ3) is 5.75. The molecule has 0 fully saturated rings. The molecule has 1 aromatic rings. The minimum absolute atomic E-state index is 0.0157. The molecule has 34 heavy (non-hydrogen) atoms. The lowest BCUT2D eigenvalue weighted by Gasteiger charge is -2.39. The molecule has 0 unspecified atom stereocenters. The van der Waals surface area contributed by atoms with E-state index in [4.69, 9.17) is 9.47 Å². The molecule has 0 spiro atoms. The monoisotopic (exact) mass is 526 g/mol. The van der Waals surface area contributed by atoms with Gasteiger partial charge in [-0.3, -0.25) is 0 Å². The Morgan fingerprint density at radius 2 is 1.00 bits per heavy atom. The van der Waals surface area contributed by atoms with Crippen molar-refractivity contribution in [1.29, 1.82) is 0 Å². The van der Waals surface area contributed by atoms with E-state index < -0.39 is 60.8 Å². The first-order valence-corrected chi connectivity index (χ1v) is 9.28. The Hall–Kier alpha value is -2.09. The fraction of sp³-hybridized carbons (Fsp3) is 0.684. The van der Waals surface area contributed by atoms with E-state index in [1.165, 1.54) is 24.3 Å². The Kier molecular flexibility index (Phi) is 8.08. The Balaban J connectivity index is 2.89. The molecular formula is C19H19F13O2. The van der Waals surface area contributed by atoms with E-state index in [1.807, 2.05) is 0 Å². The normalized spacial score (nSPS) is 14.8. The first kappa shape index (κ1) is 29.9. The number of alkyl halides is 13. The Labute approximate surface area is 185 Å². The number of hydrogen-bond donors (Lipinski definition) is 0. The maximum absolute atomic E-state index is 13.7. The Morgan fingerprint density at radius 3 is 1.41 bits per heavy atom. The largest absolute Gasteiger partial charge is 0.494 e. The summed E-state index contributed by atoms with van der Waals surface area (Å²) in [6, 6.07) is 5.29. The first-order valence-electron chi connectivity index (χ1n) is 9.28. The smallest absolute Gasteiger partial charge is 0.460 e. The van der Waals surface area contributed by atoms with Crippen molar-refractivity contribution in [3.63, 3.8) is 0 Å². The fourth-order valence-corrected chi connectivity index (χ4v) is 2.40. The maximum atomic E-state index is 13.7. The van der Waals surface area contributed by atoms with E-state index >= 15 is 0 Å². The summed E-state index contributed by atoms with van der Waals surface area (Å²) in [4.78, 5) is 0. The molecule has 1 aromatic carbocycles. The summed E-state index contributed by atoms with van der Waals surface area (Å²) in [6.45, 7) is 4.36. The molecule has 0 aliphatic rings. The summed E-state index contributed by atoms with van der Waals surface area (Å²) in [6.07, 6.45) is -10.9. The Bertz CT molecular complexity index is 809. The maximum Gasteiger partial charge on any atom is 0.460 e. The highest BCUT2D eigenvalue weighted by atomic mass is 19.4. The van der Waals surface area contributed by atoms with Gasteiger partial charge in [0.15, 0.2) is 0 Å². The summed E-state index contributed by atoms with van der Waals surface area (Å²) in [5.74, 6) is -36.4. The number of halogens is 13. The van der Waals surface area contributed by atoms with Gasteiger partial charge in [0.2, 0.25) is 0 Å². The predicted molar refractivity (Wildman–Crippen MR) is 92.3 cm³/mol. The van der Waals surface area contributed by atoms with Crippen LogP contribution >= 0.6 is 0 Å². The molecule has 0 saturated carbocycles. The van der Waals surface area contributed by atoms with Gasteiger partial charge in [-0.25, -0.2) is 0 Å². The average Bonchev–Trinajstić information content (AvgIpc) is 2.63. The third-order valence-electron chi connectivity index (χ3n) is 4.15. The van der Waals surface area contributed by atoms with E-state index in [9.17, 15) is 57.1 Å². The summed E-state index contributed by atoms with van der Waals surface area (Å²) in [7, 11) is 0. The van der Waals surface area contributed by atoms with Gasteiger partial charge in [0, 0.05) is 6.42 Å². The molecule has 0 atom stereocenters. The van der Waals surface area contributed by atoms with Gasteiger partial charge in [0.05, 0.1) is 6.61 Å². The van der Waals surface area contributed by atoms with Crippen LogP contribution in [-0.2, 0) is 0 Å². The number of benzene rings is 1. The van der Waals surface area contributed by atoms with Crippen LogP contribution in [-0.4, -0.2) is 48.0 Å². The quantitative estimate of drug-likeness (QED) is 0.229. The van der Waals surface area contributed by atoms with E-state index in [2.05, 4.69) is 0 Å². The van der Waals surface area contributed by atoms with Crippen molar-refractivity contribution in [1.82, 2.24) is 0 Å². The lowest BCUT2D eigenvalue weighted by atomic mass is 9.92. The summed E-state index contributed by atoms with van der Waals surface area (Å²) < 4.78 is 180. The molecule has 2 nitrogen and oxygen atoms in total. The molecule has 0 saturated heterocycles. The van der Waals surface area contributed by atoms with Crippen molar-refractivity contribution in [2.75, 3.05) is 6.61 Å². The van der Waals surface area contributed by atoms with Gasteiger partial charge in [-0.05, 0) is 51.5 Å². The zero-order valence-electron chi connectivity index (χ0n) is 17.7. The second-order valence-electron chi connectivity index (χ2n) is 8.14. The van der Waals surface area contributed by atoms with Gasteiger partial charge in [-0.15, -0.1) is 0 Å². The van der Waals surface area contributed by atoms with E-state index in [1.54, 1.807) is 20.8 Å². The standard InChI is InChI=1S/C19H19F13O2/c1-13(2,3)34-12-7-5-11(6-8-12)33-10-4-9-14(20,21)15(22,23)16(24,25)17(26,27)18(28,29)19(30,31)32/h5-8H,4,9-10H2,1-3H3. The van der Waals surface area contributed by atoms with Gasteiger partial charge in [-0.2, -0.15) is 57.1 Å². The number of rotatable bonds is 10. The zero-order valence-corrected chi connectivity index (χ0v) is 17.7. The van der Waals surface area contributed by atoms with Crippen LogP contribution in [0.2, 0.25) is 0 Å². The topological polar surface area (TPSA) is 18.5 Å². The molecular weight excluding hydrogens is 507 g/mol. The van der Waals surface area contributed by atoms with Crippen molar-refractivity contribution < 1.29 is 66.5 Å². The van der Waals surface area contributed by atoms with E-state index in [-0.39, 0.29) is 5.75 Å². The zero-order chi connectivity index (χ0) is 27.0. The van der Waals surface area contributed by atoms with Crippen LogP contribution in [0.4, 0.5) is 57.1 Å². The van der Waals surface area contributed by atoms with Crippen LogP contribution < -0.4 is 9.47 Å². The average molecular weight is 526 g/mol. The SMILES string of the molecule is CC(C)(C)Oc1ccc(OCCCC(F)(F)C(F)(F)C(F)(F)C(F)(F)C(F)(F)C(F)(F)F)cc1. The third-order valence-corrected chi connectivity index (χ3v) is 4.15. The highest BCUT2D eigenvalue weighted by Gasteiger charge is 2.90. The minimum Gasteiger partial charge on any atom is -0.494 e. The summed E-state index contributed by atoms with van der Waals surface area (Å²) in [5, 5.41) is 0. The molecule has 0 heterocycles. The van der Waals surface area contributed by atoms with Gasteiger partial charge < -0.3 is 9.47 Å². The molecule has 0 aliphatic carbocycles. The van der Waals surface area contributed by atoms with Crippen molar-refractivity contribution in [2.24, 2.45) is 0 Å². The van der Waals surface area contributed by atoms with Crippen LogP contribution in [0.3, 0.4) is 0 Å². The number of ether oxygens (including phenoxy) is 2. The fourth-order valence-electron chi connectivity index (χ4n) is 2.40. The second kappa shape index (κ2) is 9.17. The van der Waals surface area contributed by atoms with E-state index in [0.717, 1.165) is 0 Å². The molecule has 0 N–H and O–H groups in total. The van der Waals surface area contributed by atoms with E-state index in [0.29, 0.717) is 5.75 Å². The van der Waals surface area contributed by atoms with Crippen LogP contribution in [0.1, 0.15) is 33.6 Å². The van der Waals surface area contributed by atoms with Crippen molar-refractivity contribution >= 4 is 0 Å². The van der Waals surface area contributed by atoms with Crippen LogP contribution in [0.15, 0.2) is 24.3 Å². The lowest BCUT2D eigenvalue weighted by molar-refractivity contribution is -0.440. The summed E-state index contributed by atoms with van der Waals surface area (Å²) >= 11 is 0. The van der Waals surface area contributed by atoms with Crippen molar-refractivity contribution in [2.45, 2.75) is 75.0 Å². The second-order valence-corrected chi connectivity index (χ2v) is 8.14. The molecule has 0 aliphatic heterocycles. The minimum atomic E-state index is -7.89. The van der Waals surface area contributed by atoms with Crippen LogP contribution in [0, 0.1) is 0 Å². The van der Waals surface area contributed by atoms with Crippen molar-refractivity contribution in [3.05, 3.63) is 24.3 Å². The predicted octanol–water partition coefficient (Wildman–Crippen LogP) is 7.76. The highest BCUT2D eigenvalue weighted by molar-refractivity contribution is 5.31. The van der Waals surface area contributed by atoms with Crippen LogP contribution in [0.25, 0.3) is 0 Å². The van der Waals surface area contributed by atoms with Crippen LogP contribution in [0.5, 0.6) is 11.5 Å². The molecule has 198 valence electrons. The van der Waals surface area contributed by atoms with Gasteiger partial charge in [0.1, 0.15) is 17.1 Å². The number of hydrogen-bond acceptors (Lipinski definition) is 2. The van der Waals surface area contributed by atoms with Crippen molar-refractivity contribution in [3.8, 4) is 11.5 Å². The molecule has 1 rings (SSSR count).